The molecule has 1 aliphatic carbocycles. The van der Waals surface area contributed by atoms with E-state index < -0.39 is 0 Å². The SMILES string of the molecule is CC1CCN(C(=O)CNC2CCCC2)C(C)C1. The van der Waals surface area contributed by atoms with Crippen molar-refractivity contribution in [3.8, 4) is 0 Å². The van der Waals surface area contributed by atoms with Gasteiger partial charge in [0, 0.05) is 18.6 Å². The first kappa shape index (κ1) is 12.9. The van der Waals surface area contributed by atoms with E-state index in [1.165, 1.54) is 32.1 Å². The second-order valence-corrected chi connectivity index (χ2v) is 5.93. The third-order valence-electron chi connectivity index (χ3n) is 4.36. The molecule has 2 fully saturated rings. The number of rotatable bonds is 3. The maximum atomic E-state index is 12.1. The van der Waals surface area contributed by atoms with E-state index >= 15 is 0 Å². The Morgan fingerprint density at radius 3 is 2.59 bits per heavy atom. The summed E-state index contributed by atoms with van der Waals surface area (Å²) < 4.78 is 0. The lowest BCUT2D eigenvalue weighted by Gasteiger charge is -2.36. The molecule has 3 heteroatoms. The Labute approximate surface area is 105 Å². The molecule has 1 saturated carbocycles. The Morgan fingerprint density at radius 1 is 1.24 bits per heavy atom. The van der Waals surface area contributed by atoms with Gasteiger partial charge in [-0.2, -0.15) is 0 Å². The fourth-order valence-electron chi connectivity index (χ4n) is 3.24. The smallest absolute Gasteiger partial charge is 0.236 e. The highest BCUT2D eigenvalue weighted by Crippen LogP contribution is 2.22. The van der Waals surface area contributed by atoms with Gasteiger partial charge in [-0.1, -0.05) is 19.8 Å². The number of carbonyl (C=O) groups is 1. The monoisotopic (exact) mass is 238 g/mol. The molecule has 3 nitrogen and oxygen atoms in total. The maximum absolute atomic E-state index is 12.1. The van der Waals surface area contributed by atoms with E-state index in [0.717, 1.165) is 18.9 Å². The second-order valence-electron chi connectivity index (χ2n) is 5.93. The molecule has 2 rings (SSSR count). The van der Waals surface area contributed by atoms with Crippen molar-refractivity contribution in [1.82, 2.24) is 10.2 Å². The summed E-state index contributed by atoms with van der Waals surface area (Å²) in [7, 11) is 0. The summed E-state index contributed by atoms with van der Waals surface area (Å²) in [5, 5.41) is 3.42. The van der Waals surface area contributed by atoms with Crippen molar-refractivity contribution in [3.05, 3.63) is 0 Å². The van der Waals surface area contributed by atoms with Crippen LogP contribution >= 0.6 is 0 Å². The van der Waals surface area contributed by atoms with Gasteiger partial charge in [-0.15, -0.1) is 0 Å². The Hall–Kier alpha value is -0.570. The van der Waals surface area contributed by atoms with Gasteiger partial charge in [0.1, 0.15) is 0 Å². The molecule has 1 saturated heterocycles. The third-order valence-corrected chi connectivity index (χ3v) is 4.36. The van der Waals surface area contributed by atoms with Crippen LogP contribution in [0.25, 0.3) is 0 Å². The van der Waals surface area contributed by atoms with Gasteiger partial charge in [0.25, 0.3) is 0 Å². The lowest BCUT2D eigenvalue weighted by atomic mass is 9.93. The first-order valence-corrected chi connectivity index (χ1v) is 7.19. The van der Waals surface area contributed by atoms with E-state index in [-0.39, 0.29) is 0 Å². The van der Waals surface area contributed by atoms with Gasteiger partial charge in [0.2, 0.25) is 5.91 Å². The molecule has 0 aromatic heterocycles. The maximum Gasteiger partial charge on any atom is 0.236 e. The van der Waals surface area contributed by atoms with Gasteiger partial charge < -0.3 is 10.2 Å². The largest absolute Gasteiger partial charge is 0.339 e. The van der Waals surface area contributed by atoms with Crippen molar-refractivity contribution in [3.63, 3.8) is 0 Å². The van der Waals surface area contributed by atoms with Crippen molar-refractivity contribution in [1.29, 1.82) is 0 Å². The van der Waals surface area contributed by atoms with E-state index in [1.54, 1.807) is 0 Å². The number of hydrogen-bond acceptors (Lipinski definition) is 2. The van der Waals surface area contributed by atoms with Crippen molar-refractivity contribution in [2.75, 3.05) is 13.1 Å². The summed E-state index contributed by atoms with van der Waals surface area (Å²) in [5.74, 6) is 1.08. The zero-order valence-corrected chi connectivity index (χ0v) is 11.2. The van der Waals surface area contributed by atoms with E-state index in [4.69, 9.17) is 0 Å². The molecule has 0 aromatic rings. The minimum absolute atomic E-state index is 0.302. The number of nitrogens with zero attached hydrogens (tertiary/aromatic N) is 1. The predicted octanol–water partition coefficient (Wildman–Crippen LogP) is 2.17. The van der Waals surface area contributed by atoms with Crippen LogP contribution in [0.5, 0.6) is 0 Å². The Kier molecular flexibility index (Phi) is 4.43. The molecule has 2 unspecified atom stereocenters. The van der Waals surface area contributed by atoms with Gasteiger partial charge in [-0.05, 0) is 38.5 Å². The normalized spacial score (nSPS) is 30.8. The average Bonchev–Trinajstić information content (AvgIpc) is 2.78. The quantitative estimate of drug-likeness (QED) is 0.817. The van der Waals surface area contributed by atoms with Crippen LogP contribution in [0.1, 0.15) is 52.4 Å². The number of amides is 1. The highest BCUT2D eigenvalue weighted by molar-refractivity contribution is 5.78. The highest BCUT2D eigenvalue weighted by Gasteiger charge is 2.26. The summed E-state index contributed by atoms with van der Waals surface area (Å²) in [4.78, 5) is 14.2. The standard InChI is InChI=1S/C14H26N2O/c1-11-7-8-16(12(2)9-11)14(17)10-15-13-5-3-4-6-13/h11-13,15H,3-10H2,1-2H3. The number of likely N-dealkylation sites (tertiary alicyclic amines) is 1. The molecule has 2 aliphatic rings. The molecule has 0 aromatic carbocycles. The van der Waals surface area contributed by atoms with Crippen LogP contribution in [0.3, 0.4) is 0 Å². The summed E-state index contributed by atoms with van der Waals surface area (Å²) in [6.07, 6.45) is 7.47. The van der Waals surface area contributed by atoms with Crippen LogP contribution < -0.4 is 5.32 Å². The van der Waals surface area contributed by atoms with E-state index in [1.807, 2.05) is 0 Å². The van der Waals surface area contributed by atoms with Crippen LogP contribution in [-0.4, -0.2) is 36.0 Å². The summed E-state index contributed by atoms with van der Waals surface area (Å²) in [6.45, 7) is 5.97. The Bertz CT molecular complexity index is 261. The van der Waals surface area contributed by atoms with Crippen molar-refractivity contribution in [2.45, 2.75) is 64.5 Å². The summed E-state index contributed by atoms with van der Waals surface area (Å²) in [6, 6.07) is 1.02. The summed E-state index contributed by atoms with van der Waals surface area (Å²) in [5.41, 5.74) is 0. The van der Waals surface area contributed by atoms with Crippen molar-refractivity contribution < 1.29 is 4.79 Å². The van der Waals surface area contributed by atoms with E-state index in [0.29, 0.717) is 24.5 Å². The number of nitrogens with one attached hydrogen (secondary N) is 1. The first-order chi connectivity index (χ1) is 8.16. The predicted molar refractivity (Wildman–Crippen MR) is 69.8 cm³/mol. The van der Waals surface area contributed by atoms with Crippen LogP contribution in [0.2, 0.25) is 0 Å². The number of piperidine rings is 1. The topological polar surface area (TPSA) is 32.3 Å². The second kappa shape index (κ2) is 5.85. The first-order valence-electron chi connectivity index (χ1n) is 7.19. The fourth-order valence-corrected chi connectivity index (χ4v) is 3.24. The lowest BCUT2D eigenvalue weighted by Crippen LogP contribution is -2.48. The van der Waals surface area contributed by atoms with Gasteiger partial charge >= 0.3 is 0 Å². The molecule has 1 N–H and O–H groups in total. The van der Waals surface area contributed by atoms with Crippen LogP contribution in [-0.2, 0) is 4.79 Å². The zero-order chi connectivity index (χ0) is 12.3. The van der Waals surface area contributed by atoms with E-state index in [9.17, 15) is 4.79 Å². The molecular formula is C14H26N2O. The fraction of sp³-hybridized carbons (Fsp3) is 0.929. The minimum Gasteiger partial charge on any atom is -0.339 e. The van der Waals surface area contributed by atoms with Crippen molar-refractivity contribution in [2.24, 2.45) is 5.92 Å². The minimum atomic E-state index is 0.302. The molecule has 98 valence electrons. The zero-order valence-electron chi connectivity index (χ0n) is 11.2. The average molecular weight is 238 g/mol. The van der Waals surface area contributed by atoms with Gasteiger partial charge in [0.15, 0.2) is 0 Å². The molecule has 0 bridgehead atoms. The van der Waals surface area contributed by atoms with Gasteiger partial charge in [0.05, 0.1) is 6.54 Å². The molecule has 2 atom stereocenters. The van der Waals surface area contributed by atoms with Gasteiger partial charge in [-0.3, -0.25) is 4.79 Å². The molecule has 1 aliphatic heterocycles. The number of hydrogen-bond donors (Lipinski definition) is 1. The van der Waals surface area contributed by atoms with Crippen LogP contribution in [0.15, 0.2) is 0 Å². The molecule has 1 heterocycles. The van der Waals surface area contributed by atoms with Crippen LogP contribution in [0, 0.1) is 5.92 Å². The number of carbonyl (C=O) groups excluding carboxylic acids is 1. The lowest BCUT2D eigenvalue weighted by molar-refractivity contribution is -0.134. The highest BCUT2D eigenvalue weighted by atomic mass is 16.2. The molecule has 17 heavy (non-hydrogen) atoms. The van der Waals surface area contributed by atoms with E-state index in [2.05, 4.69) is 24.1 Å². The Balaban J connectivity index is 1.74. The summed E-state index contributed by atoms with van der Waals surface area (Å²) >= 11 is 0. The van der Waals surface area contributed by atoms with Crippen molar-refractivity contribution >= 4 is 5.91 Å². The molecular weight excluding hydrogens is 212 g/mol. The van der Waals surface area contributed by atoms with Crippen LogP contribution in [0.4, 0.5) is 0 Å². The Morgan fingerprint density at radius 2 is 1.94 bits per heavy atom. The van der Waals surface area contributed by atoms with Gasteiger partial charge in [-0.25, -0.2) is 0 Å². The molecule has 1 amide bonds. The third kappa shape index (κ3) is 3.44. The molecule has 0 spiro atoms. The molecule has 0 radical (unpaired) electrons.